The molecule has 1 fully saturated rings. The molecule has 0 aliphatic carbocycles. The molecule has 0 radical (unpaired) electrons. The molecule has 1 spiro atoms. The molecular formula is C26H30N4O6. The highest BCUT2D eigenvalue weighted by Crippen LogP contribution is 2.47. The van der Waals surface area contributed by atoms with E-state index in [0.717, 1.165) is 23.4 Å². The summed E-state index contributed by atoms with van der Waals surface area (Å²) in [4.78, 5) is 54.9. The summed E-state index contributed by atoms with van der Waals surface area (Å²) >= 11 is 0. The number of carbonyl (C=O) groups excluding carboxylic acids is 3. The van der Waals surface area contributed by atoms with Crippen LogP contribution in [0.15, 0.2) is 42.5 Å². The normalized spacial score (nSPS) is 21.4. The van der Waals surface area contributed by atoms with Gasteiger partial charge in [-0.1, -0.05) is 26.7 Å². The third-order valence-corrected chi connectivity index (χ3v) is 7.06. The summed E-state index contributed by atoms with van der Waals surface area (Å²) < 4.78 is 5.19. The molecule has 2 aromatic carbocycles. The molecule has 0 unspecified atom stereocenters. The zero-order valence-electron chi connectivity index (χ0n) is 20.7. The second kappa shape index (κ2) is 9.96. The third-order valence-electron chi connectivity index (χ3n) is 7.06. The predicted octanol–water partition coefficient (Wildman–Crippen LogP) is 4.20. The maximum Gasteiger partial charge on any atom is 0.335 e. The van der Waals surface area contributed by atoms with E-state index in [1.54, 1.807) is 30.3 Å². The number of anilines is 2. The molecule has 2 aliphatic heterocycles. The average Bonchev–Trinajstić information content (AvgIpc) is 2.87. The fraction of sp³-hybridized carbons (Fsp3) is 0.423. The molecule has 36 heavy (non-hydrogen) atoms. The minimum atomic E-state index is -1.63. The maximum absolute atomic E-state index is 14.3. The smallest absolute Gasteiger partial charge is 0.335 e. The van der Waals surface area contributed by atoms with Gasteiger partial charge < -0.3 is 9.64 Å². The molecule has 2 aromatic rings. The fourth-order valence-corrected chi connectivity index (χ4v) is 5.31. The van der Waals surface area contributed by atoms with Gasteiger partial charge in [0.05, 0.1) is 23.8 Å². The number of hydrogen-bond acceptors (Lipinski definition) is 7. The van der Waals surface area contributed by atoms with Crippen molar-refractivity contribution in [2.75, 3.05) is 23.5 Å². The molecule has 0 bridgehead atoms. The van der Waals surface area contributed by atoms with Crippen LogP contribution >= 0.6 is 0 Å². The summed E-state index contributed by atoms with van der Waals surface area (Å²) in [7, 11) is 1.51. The van der Waals surface area contributed by atoms with Gasteiger partial charge in [-0.25, -0.2) is 9.69 Å². The summed E-state index contributed by atoms with van der Waals surface area (Å²) in [5.41, 5.74) is -0.1000. The lowest BCUT2D eigenvalue weighted by Gasteiger charge is -2.52. The van der Waals surface area contributed by atoms with E-state index in [2.05, 4.69) is 5.32 Å². The van der Waals surface area contributed by atoms with Crippen LogP contribution in [0, 0.1) is 15.5 Å². The maximum atomic E-state index is 14.3. The molecule has 10 heteroatoms. The highest BCUT2D eigenvalue weighted by atomic mass is 16.6. The molecule has 4 amide bonds. The summed E-state index contributed by atoms with van der Waals surface area (Å²) in [6, 6.07) is 9.70. The highest BCUT2D eigenvalue weighted by molar-refractivity contribution is 6.30. The molecule has 190 valence electrons. The Hall–Kier alpha value is -3.95. The number of methoxy groups -OCH3 is 1. The molecule has 10 nitrogen and oxygen atoms in total. The number of carbonyl (C=O) groups is 3. The molecule has 0 aromatic heterocycles. The van der Waals surface area contributed by atoms with E-state index in [1.165, 1.54) is 19.2 Å². The SMILES string of the molecule is CCCCN1c2ccc([N+](=O)[O-])cc2C[C@]2(C(=O)NC(=O)N(c3ccc(OC)cc3)C2=O)[C@@H]1CCC. The third kappa shape index (κ3) is 4.06. The Morgan fingerprint density at radius 3 is 2.44 bits per heavy atom. The Balaban J connectivity index is 1.89. The summed E-state index contributed by atoms with van der Waals surface area (Å²) in [6.45, 7) is 4.60. The van der Waals surface area contributed by atoms with Crippen LogP contribution in [0.1, 0.15) is 45.1 Å². The number of hydrogen-bond donors (Lipinski definition) is 1. The topological polar surface area (TPSA) is 122 Å². The molecule has 1 saturated heterocycles. The summed E-state index contributed by atoms with van der Waals surface area (Å²) in [5.74, 6) is -0.735. The van der Waals surface area contributed by atoms with E-state index < -0.39 is 34.2 Å². The van der Waals surface area contributed by atoms with Crippen molar-refractivity contribution in [3.05, 3.63) is 58.1 Å². The van der Waals surface area contributed by atoms with Crippen molar-refractivity contribution in [1.29, 1.82) is 0 Å². The number of nitrogens with zero attached hydrogens (tertiary/aromatic N) is 3. The molecule has 0 saturated carbocycles. The predicted molar refractivity (Wildman–Crippen MR) is 134 cm³/mol. The number of fused-ring (bicyclic) bond motifs is 1. The van der Waals surface area contributed by atoms with Crippen LogP contribution in [-0.4, -0.2) is 42.5 Å². The lowest BCUT2D eigenvalue weighted by molar-refractivity contribution is -0.384. The van der Waals surface area contributed by atoms with Gasteiger partial charge in [-0.05, 0) is 48.7 Å². The molecular weight excluding hydrogens is 464 g/mol. The van der Waals surface area contributed by atoms with Gasteiger partial charge in [0.25, 0.3) is 11.6 Å². The average molecular weight is 495 g/mol. The Morgan fingerprint density at radius 1 is 1.11 bits per heavy atom. The number of rotatable bonds is 8. The van der Waals surface area contributed by atoms with Crippen molar-refractivity contribution in [1.82, 2.24) is 5.32 Å². The molecule has 2 aliphatic rings. The quantitative estimate of drug-likeness (QED) is 0.331. The van der Waals surface area contributed by atoms with E-state index in [0.29, 0.717) is 36.4 Å². The lowest BCUT2D eigenvalue weighted by atomic mass is 9.67. The Labute approximate surface area is 209 Å². The number of urea groups is 1. The number of imide groups is 2. The van der Waals surface area contributed by atoms with E-state index in [-0.39, 0.29) is 12.1 Å². The second-order valence-electron chi connectivity index (χ2n) is 9.17. The first-order valence-electron chi connectivity index (χ1n) is 12.2. The van der Waals surface area contributed by atoms with Gasteiger partial charge in [-0.2, -0.15) is 0 Å². The van der Waals surface area contributed by atoms with Crippen molar-refractivity contribution in [2.45, 2.75) is 52.0 Å². The number of nitro groups is 1. The Kier molecular flexibility index (Phi) is 6.96. The van der Waals surface area contributed by atoms with Gasteiger partial charge in [0.15, 0.2) is 5.41 Å². The molecule has 4 rings (SSSR count). The molecule has 2 atom stereocenters. The van der Waals surface area contributed by atoms with Crippen LogP contribution in [0.3, 0.4) is 0 Å². The Bertz CT molecular complexity index is 1200. The van der Waals surface area contributed by atoms with Crippen LogP contribution in [0.4, 0.5) is 21.9 Å². The Morgan fingerprint density at radius 2 is 1.83 bits per heavy atom. The van der Waals surface area contributed by atoms with Crippen LogP contribution in [0.5, 0.6) is 5.75 Å². The van der Waals surface area contributed by atoms with E-state index in [9.17, 15) is 24.5 Å². The van der Waals surface area contributed by atoms with Gasteiger partial charge in [-0.15, -0.1) is 0 Å². The summed E-state index contributed by atoms with van der Waals surface area (Å²) in [5, 5.41) is 13.9. The minimum absolute atomic E-state index is 0.0398. The van der Waals surface area contributed by atoms with Gasteiger partial charge in [0, 0.05) is 30.8 Å². The largest absolute Gasteiger partial charge is 0.497 e. The monoisotopic (exact) mass is 494 g/mol. The van der Waals surface area contributed by atoms with Crippen LogP contribution in [-0.2, 0) is 16.0 Å². The van der Waals surface area contributed by atoms with Crippen molar-refractivity contribution in [2.24, 2.45) is 5.41 Å². The molecule has 2 heterocycles. The number of non-ortho nitro benzene ring substituents is 1. The van der Waals surface area contributed by atoms with Crippen molar-refractivity contribution < 1.29 is 24.0 Å². The van der Waals surface area contributed by atoms with Gasteiger partial charge in [0.1, 0.15) is 5.75 Å². The fourth-order valence-electron chi connectivity index (χ4n) is 5.31. The second-order valence-corrected chi connectivity index (χ2v) is 9.17. The first kappa shape index (κ1) is 25.2. The minimum Gasteiger partial charge on any atom is -0.497 e. The molecule has 1 N–H and O–H groups in total. The lowest BCUT2D eigenvalue weighted by Crippen LogP contribution is -2.72. The number of unbranched alkanes of at least 4 members (excludes halogenated alkanes) is 1. The van der Waals surface area contributed by atoms with E-state index in [1.807, 2.05) is 18.7 Å². The highest BCUT2D eigenvalue weighted by Gasteiger charge is 2.62. The number of nitro benzene ring substituents is 1. The van der Waals surface area contributed by atoms with Crippen molar-refractivity contribution in [3.8, 4) is 5.75 Å². The zero-order valence-corrected chi connectivity index (χ0v) is 20.7. The zero-order chi connectivity index (χ0) is 26.0. The number of amides is 4. The first-order chi connectivity index (χ1) is 17.3. The van der Waals surface area contributed by atoms with Crippen molar-refractivity contribution in [3.63, 3.8) is 0 Å². The van der Waals surface area contributed by atoms with E-state index >= 15 is 0 Å². The number of nitrogens with one attached hydrogen (secondary N) is 1. The van der Waals surface area contributed by atoms with Crippen molar-refractivity contribution >= 4 is 34.9 Å². The first-order valence-corrected chi connectivity index (χ1v) is 12.2. The van der Waals surface area contributed by atoms with Gasteiger partial charge >= 0.3 is 6.03 Å². The number of benzene rings is 2. The standard InChI is InChI=1S/C26H30N4O6/c1-4-6-14-28-21-13-10-19(30(34)35)15-17(21)16-26(22(28)7-5-2)23(31)27-25(33)29(24(26)32)18-8-11-20(36-3)12-9-18/h8-13,15,22H,4-7,14,16H2,1-3H3,(H,27,31,33)/t22-,26+/m0/s1. The van der Waals surface area contributed by atoms with Gasteiger partial charge in [-0.3, -0.25) is 25.0 Å². The number of barbiturate groups is 1. The van der Waals surface area contributed by atoms with Crippen LogP contribution in [0.25, 0.3) is 0 Å². The van der Waals surface area contributed by atoms with Crippen LogP contribution in [0.2, 0.25) is 0 Å². The summed E-state index contributed by atoms with van der Waals surface area (Å²) in [6.07, 6.45) is 2.89. The van der Waals surface area contributed by atoms with E-state index in [4.69, 9.17) is 4.74 Å². The number of ether oxygens (including phenoxy) is 1. The van der Waals surface area contributed by atoms with Gasteiger partial charge in [0.2, 0.25) is 5.91 Å². The van der Waals surface area contributed by atoms with Crippen LogP contribution < -0.4 is 19.9 Å².